The van der Waals surface area contributed by atoms with Gasteiger partial charge >= 0.3 is 0 Å². The van der Waals surface area contributed by atoms with Gasteiger partial charge in [-0.05, 0) is 25.7 Å². The number of ether oxygens (including phenoxy) is 1. The molecule has 1 spiro atoms. The van der Waals surface area contributed by atoms with Crippen molar-refractivity contribution >= 4 is 6.40 Å². The van der Waals surface area contributed by atoms with Crippen LogP contribution in [0.25, 0.3) is 0 Å². The molecule has 0 amide bonds. The van der Waals surface area contributed by atoms with Crippen LogP contribution in [-0.4, -0.2) is 18.5 Å². The predicted octanol–water partition coefficient (Wildman–Crippen LogP) is 1.75. The minimum Gasteiger partial charge on any atom is -0.475 e. The van der Waals surface area contributed by atoms with Crippen LogP contribution < -0.4 is 0 Å². The first-order chi connectivity index (χ1) is 4.91. The summed E-state index contributed by atoms with van der Waals surface area (Å²) in [5.41, 5.74) is 0.151. The van der Waals surface area contributed by atoms with Gasteiger partial charge in [-0.1, -0.05) is 6.42 Å². The Morgan fingerprint density at radius 3 is 2.60 bits per heavy atom. The summed E-state index contributed by atoms with van der Waals surface area (Å²) in [6.45, 7) is 0.910. The minimum atomic E-state index is 0.151. The van der Waals surface area contributed by atoms with Gasteiger partial charge in [-0.2, -0.15) is 0 Å². The van der Waals surface area contributed by atoms with E-state index in [1.807, 2.05) is 0 Å². The standard InChI is InChI=1S/C8H13NO/c1-2-4-8(5-3-1)6-9-7-10-8/h7H,1-6H2. The van der Waals surface area contributed by atoms with Gasteiger partial charge in [0, 0.05) is 0 Å². The minimum absolute atomic E-state index is 0.151. The average Bonchev–Trinajstić information content (AvgIpc) is 2.39. The SMILES string of the molecule is C1=NCC2(CCCCC2)O1. The summed E-state index contributed by atoms with van der Waals surface area (Å²) < 4.78 is 5.49. The third-order valence-electron chi connectivity index (χ3n) is 2.52. The van der Waals surface area contributed by atoms with Crippen LogP contribution in [0.5, 0.6) is 0 Å². The second kappa shape index (κ2) is 2.26. The van der Waals surface area contributed by atoms with Crippen molar-refractivity contribution in [3.8, 4) is 0 Å². The van der Waals surface area contributed by atoms with Crippen LogP contribution in [0.4, 0.5) is 0 Å². The van der Waals surface area contributed by atoms with E-state index in [1.54, 1.807) is 6.40 Å². The maximum Gasteiger partial charge on any atom is 0.170 e. The van der Waals surface area contributed by atoms with Crippen LogP contribution >= 0.6 is 0 Å². The third-order valence-corrected chi connectivity index (χ3v) is 2.52. The Kier molecular flexibility index (Phi) is 1.40. The van der Waals surface area contributed by atoms with E-state index in [0.29, 0.717) is 0 Å². The molecule has 0 bridgehead atoms. The molecule has 1 fully saturated rings. The van der Waals surface area contributed by atoms with Crippen LogP contribution in [0, 0.1) is 0 Å². The lowest BCUT2D eigenvalue weighted by Gasteiger charge is -2.30. The molecule has 0 N–H and O–H groups in total. The third kappa shape index (κ3) is 0.917. The van der Waals surface area contributed by atoms with Crippen molar-refractivity contribution in [1.82, 2.24) is 0 Å². The summed E-state index contributed by atoms with van der Waals surface area (Å²) >= 11 is 0. The molecule has 2 nitrogen and oxygen atoms in total. The van der Waals surface area contributed by atoms with E-state index in [0.717, 1.165) is 6.54 Å². The van der Waals surface area contributed by atoms with Gasteiger partial charge in [-0.25, -0.2) is 0 Å². The second-order valence-electron chi connectivity index (χ2n) is 3.31. The van der Waals surface area contributed by atoms with E-state index in [4.69, 9.17) is 4.74 Å². The molecule has 2 heteroatoms. The fourth-order valence-electron chi connectivity index (χ4n) is 1.86. The molecule has 56 valence electrons. The van der Waals surface area contributed by atoms with Crippen LogP contribution in [0.2, 0.25) is 0 Å². The first kappa shape index (κ1) is 6.20. The highest BCUT2D eigenvalue weighted by molar-refractivity contribution is 5.50. The Bertz CT molecular complexity index is 137. The molecule has 1 aliphatic carbocycles. The first-order valence-electron chi connectivity index (χ1n) is 4.07. The van der Waals surface area contributed by atoms with Crippen LogP contribution in [0.3, 0.4) is 0 Å². The van der Waals surface area contributed by atoms with Crippen molar-refractivity contribution < 1.29 is 4.74 Å². The van der Waals surface area contributed by atoms with Gasteiger partial charge in [0.15, 0.2) is 6.40 Å². The van der Waals surface area contributed by atoms with E-state index in [-0.39, 0.29) is 5.60 Å². The lowest BCUT2D eigenvalue weighted by atomic mass is 9.85. The smallest absolute Gasteiger partial charge is 0.170 e. The number of hydrogen-bond donors (Lipinski definition) is 0. The van der Waals surface area contributed by atoms with Crippen LogP contribution in [0.1, 0.15) is 32.1 Å². The molecule has 0 atom stereocenters. The van der Waals surface area contributed by atoms with E-state index < -0.39 is 0 Å². The number of hydrogen-bond acceptors (Lipinski definition) is 2. The predicted molar refractivity (Wildman–Crippen MR) is 40.3 cm³/mol. The Balaban J connectivity index is 2.00. The molecule has 2 aliphatic rings. The fourth-order valence-corrected chi connectivity index (χ4v) is 1.86. The Morgan fingerprint density at radius 1 is 1.20 bits per heavy atom. The number of rotatable bonds is 0. The van der Waals surface area contributed by atoms with Crippen LogP contribution in [-0.2, 0) is 4.74 Å². The molecule has 1 aliphatic heterocycles. The van der Waals surface area contributed by atoms with Gasteiger partial charge in [-0.15, -0.1) is 0 Å². The maximum atomic E-state index is 5.49. The zero-order valence-electron chi connectivity index (χ0n) is 6.18. The average molecular weight is 139 g/mol. The molecule has 0 aromatic heterocycles. The highest BCUT2D eigenvalue weighted by atomic mass is 16.5. The topological polar surface area (TPSA) is 21.6 Å². The molecular formula is C8H13NO. The highest BCUT2D eigenvalue weighted by Crippen LogP contribution is 2.33. The van der Waals surface area contributed by atoms with Crippen molar-refractivity contribution in [2.45, 2.75) is 37.7 Å². The van der Waals surface area contributed by atoms with E-state index in [2.05, 4.69) is 4.99 Å². The van der Waals surface area contributed by atoms with E-state index in [1.165, 1.54) is 32.1 Å². The summed E-state index contributed by atoms with van der Waals surface area (Å²) in [5, 5.41) is 0. The normalized spacial score (nSPS) is 28.8. The van der Waals surface area contributed by atoms with Gasteiger partial charge in [-0.3, -0.25) is 4.99 Å². The van der Waals surface area contributed by atoms with Crippen molar-refractivity contribution in [3.63, 3.8) is 0 Å². The van der Waals surface area contributed by atoms with Gasteiger partial charge in [0.1, 0.15) is 5.60 Å². The zero-order chi connectivity index (χ0) is 6.86. The van der Waals surface area contributed by atoms with Crippen molar-refractivity contribution in [1.29, 1.82) is 0 Å². The van der Waals surface area contributed by atoms with Crippen molar-refractivity contribution in [2.24, 2.45) is 4.99 Å². The lowest BCUT2D eigenvalue weighted by Crippen LogP contribution is -2.34. The lowest BCUT2D eigenvalue weighted by molar-refractivity contribution is 0.0525. The molecule has 0 aromatic carbocycles. The molecule has 10 heavy (non-hydrogen) atoms. The van der Waals surface area contributed by atoms with Crippen LogP contribution in [0.15, 0.2) is 4.99 Å². The Morgan fingerprint density at radius 2 is 2.00 bits per heavy atom. The van der Waals surface area contributed by atoms with Gasteiger partial charge in [0.05, 0.1) is 6.54 Å². The fraction of sp³-hybridized carbons (Fsp3) is 0.875. The molecule has 1 heterocycles. The Labute approximate surface area is 61.3 Å². The summed E-state index contributed by atoms with van der Waals surface area (Å²) in [4.78, 5) is 4.11. The largest absolute Gasteiger partial charge is 0.475 e. The van der Waals surface area contributed by atoms with Gasteiger partial charge in [0.25, 0.3) is 0 Å². The summed E-state index contributed by atoms with van der Waals surface area (Å²) in [7, 11) is 0. The zero-order valence-corrected chi connectivity index (χ0v) is 6.18. The molecular weight excluding hydrogens is 126 g/mol. The molecule has 0 unspecified atom stereocenters. The van der Waals surface area contributed by atoms with E-state index in [9.17, 15) is 0 Å². The van der Waals surface area contributed by atoms with Gasteiger partial charge in [0.2, 0.25) is 0 Å². The molecule has 0 aromatic rings. The summed E-state index contributed by atoms with van der Waals surface area (Å²) in [6.07, 6.45) is 8.09. The highest BCUT2D eigenvalue weighted by Gasteiger charge is 2.35. The first-order valence-corrected chi connectivity index (χ1v) is 4.07. The molecule has 0 saturated heterocycles. The molecule has 0 radical (unpaired) electrons. The molecule has 1 saturated carbocycles. The number of nitrogens with zero attached hydrogens (tertiary/aromatic N) is 1. The Hall–Kier alpha value is -0.530. The summed E-state index contributed by atoms with van der Waals surface area (Å²) in [6, 6.07) is 0. The number of aliphatic imine (C=N–C) groups is 1. The van der Waals surface area contributed by atoms with Crippen molar-refractivity contribution in [3.05, 3.63) is 0 Å². The summed E-state index contributed by atoms with van der Waals surface area (Å²) in [5.74, 6) is 0. The molecule has 2 rings (SSSR count). The quantitative estimate of drug-likeness (QED) is 0.501. The monoisotopic (exact) mass is 139 g/mol. The van der Waals surface area contributed by atoms with Crippen molar-refractivity contribution in [2.75, 3.05) is 6.54 Å². The van der Waals surface area contributed by atoms with Gasteiger partial charge < -0.3 is 4.74 Å². The second-order valence-corrected chi connectivity index (χ2v) is 3.31. The maximum absolute atomic E-state index is 5.49. The van der Waals surface area contributed by atoms with E-state index >= 15 is 0 Å².